The van der Waals surface area contributed by atoms with Gasteiger partial charge in [0.25, 0.3) is 0 Å². The maximum Gasteiger partial charge on any atom is 0.407 e. The van der Waals surface area contributed by atoms with E-state index in [1.165, 1.54) is 26.4 Å². The molecular formula is C36H43ClFN3O5. The van der Waals surface area contributed by atoms with Gasteiger partial charge >= 0.3 is 6.09 Å². The lowest BCUT2D eigenvalue weighted by molar-refractivity contribution is 0.0489. The van der Waals surface area contributed by atoms with E-state index in [4.69, 9.17) is 30.5 Å². The Balaban J connectivity index is 1.61. The van der Waals surface area contributed by atoms with Crippen molar-refractivity contribution in [3.63, 3.8) is 0 Å². The summed E-state index contributed by atoms with van der Waals surface area (Å²) in [5, 5.41) is 16.9. The van der Waals surface area contributed by atoms with Gasteiger partial charge in [0.2, 0.25) is 0 Å². The lowest BCUT2D eigenvalue weighted by Crippen LogP contribution is -2.44. The average Bonchev–Trinajstić information content (AvgIpc) is 3.03. The minimum atomic E-state index is -0.678. The van der Waals surface area contributed by atoms with Crippen LogP contribution in [0.3, 0.4) is 0 Å². The van der Waals surface area contributed by atoms with Crippen molar-refractivity contribution in [1.29, 1.82) is 5.26 Å². The number of carbonyl (C=O) groups is 1. The highest BCUT2D eigenvalue weighted by Gasteiger charge is 2.27. The number of methoxy groups -OCH3 is 2. The first kappa shape index (κ1) is 35.0. The number of nitrogens with one attached hydrogen (secondary N) is 2. The fourth-order valence-corrected chi connectivity index (χ4v) is 6.01. The predicted molar refractivity (Wildman–Crippen MR) is 177 cm³/mol. The molecule has 2 N–H and O–H groups in total. The number of ether oxygens (including phenoxy) is 4. The quantitative estimate of drug-likeness (QED) is 0.194. The molecule has 8 nitrogen and oxygen atoms in total. The van der Waals surface area contributed by atoms with Crippen LogP contribution in [0, 0.1) is 17.1 Å². The third kappa shape index (κ3) is 9.12. The second-order valence-corrected chi connectivity index (χ2v) is 12.8. The molecule has 0 radical (unpaired) electrons. The number of hydrogen-bond acceptors (Lipinski definition) is 7. The Labute approximate surface area is 276 Å². The van der Waals surface area contributed by atoms with Gasteiger partial charge in [0, 0.05) is 42.8 Å². The maximum absolute atomic E-state index is 16.0. The van der Waals surface area contributed by atoms with E-state index < -0.39 is 11.4 Å². The standard InChI is InChI=1S/C36H43ClFN3O5/c1-36(2,3)46-35(42)41-27-14-12-26(13-15-27)40-22-29(23-9-7-6-8-10-23)25-19-28(33(37)31(20-25)44-5)32-24(21-39)11-16-30(34(32)38)45-18-17-43-4/h6-11,16,19-20,26-27,29,40H,12-15,17-18,22H2,1-5H3,(H,41,42). The van der Waals surface area contributed by atoms with Crippen molar-refractivity contribution >= 4 is 17.7 Å². The van der Waals surface area contributed by atoms with Crippen LogP contribution in [0.25, 0.3) is 11.1 Å². The van der Waals surface area contributed by atoms with Crippen LogP contribution in [0.1, 0.15) is 69.1 Å². The van der Waals surface area contributed by atoms with E-state index in [0.29, 0.717) is 17.9 Å². The van der Waals surface area contributed by atoms with Gasteiger partial charge in [0.05, 0.1) is 30.4 Å². The fraction of sp³-hybridized carbons (Fsp3) is 0.444. The van der Waals surface area contributed by atoms with Crippen LogP contribution in [0.5, 0.6) is 11.5 Å². The minimum absolute atomic E-state index is 0.00419. The minimum Gasteiger partial charge on any atom is -0.495 e. The third-order valence-electron chi connectivity index (χ3n) is 7.99. The Hall–Kier alpha value is -3.84. The third-order valence-corrected chi connectivity index (χ3v) is 8.38. The normalized spacial score (nSPS) is 17.1. The van der Waals surface area contributed by atoms with Crippen LogP contribution in [0.15, 0.2) is 54.6 Å². The molecule has 3 aromatic rings. The van der Waals surface area contributed by atoms with E-state index in [1.54, 1.807) is 0 Å². The molecule has 1 amide bonds. The van der Waals surface area contributed by atoms with Gasteiger partial charge in [-0.25, -0.2) is 9.18 Å². The van der Waals surface area contributed by atoms with Gasteiger partial charge in [-0.3, -0.25) is 0 Å². The van der Waals surface area contributed by atoms with Gasteiger partial charge in [0.15, 0.2) is 11.6 Å². The number of nitriles is 1. The van der Waals surface area contributed by atoms with Gasteiger partial charge in [0.1, 0.15) is 18.0 Å². The summed E-state index contributed by atoms with van der Waals surface area (Å²) in [7, 11) is 3.05. The summed E-state index contributed by atoms with van der Waals surface area (Å²) in [6.07, 6.45) is 3.08. The van der Waals surface area contributed by atoms with Crippen LogP contribution < -0.4 is 20.1 Å². The van der Waals surface area contributed by atoms with Gasteiger partial charge < -0.3 is 29.6 Å². The molecule has 46 heavy (non-hydrogen) atoms. The summed E-state index contributed by atoms with van der Waals surface area (Å²) in [5.41, 5.74) is 1.90. The number of alkyl carbamates (subject to hydrolysis) is 1. The number of halogens is 2. The van der Waals surface area contributed by atoms with E-state index in [-0.39, 0.29) is 59.2 Å². The SMILES string of the molecule is COCCOc1ccc(C#N)c(-c2cc(C(CNC3CCC(NC(=O)OC(C)(C)C)CC3)c3ccccc3)cc(OC)c2Cl)c1F. The molecule has 3 aromatic carbocycles. The average molecular weight is 652 g/mol. The molecule has 1 unspecified atom stereocenters. The van der Waals surface area contributed by atoms with Gasteiger partial charge in [-0.05, 0) is 81.8 Å². The summed E-state index contributed by atoms with van der Waals surface area (Å²) in [6, 6.07) is 19.1. The molecule has 0 heterocycles. The topological polar surface area (TPSA) is 102 Å². The van der Waals surface area contributed by atoms with Crippen LogP contribution in [-0.4, -0.2) is 57.8 Å². The lowest BCUT2D eigenvalue weighted by atomic mass is 9.86. The monoisotopic (exact) mass is 651 g/mol. The van der Waals surface area contributed by atoms with E-state index in [1.807, 2.05) is 51.1 Å². The van der Waals surface area contributed by atoms with Crippen molar-refractivity contribution in [2.75, 3.05) is 34.0 Å². The van der Waals surface area contributed by atoms with Crippen molar-refractivity contribution in [3.05, 3.63) is 82.1 Å². The summed E-state index contributed by atoms with van der Waals surface area (Å²) in [5.74, 6) is -0.441. The van der Waals surface area contributed by atoms with Crippen molar-refractivity contribution in [1.82, 2.24) is 10.6 Å². The number of rotatable bonds is 12. The molecule has 1 aliphatic rings. The molecule has 0 aliphatic heterocycles. The van der Waals surface area contributed by atoms with Crippen molar-refractivity contribution in [3.8, 4) is 28.7 Å². The highest BCUT2D eigenvalue weighted by Crippen LogP contribution is 2.43. The number of amides is 1. The van der Waals surface area contributed by atoms with Crippen molar-refractivity contribution < 1.29 is 28.1 Å². The number of carbonyl (C=O) groups excluding carboxylic acids is 1. The second kappa shape index (κ2) is 16.1. The van der Waals surface area contributed by atoms with Crippen LogP contribution >= 0.6 is 11.6 Å². The molecule has 1 atom stereocenters. The van der Waals surface area contributed by atoms with Crippen molar-refractivity contribution in [2.45, 2.75) is 70.1 Å². The highest BCUT2D eigenvalue weighted by molar-refractivity contribution is 6.35. The largest absolute Gasteiger partial charge is 0.495 e. The zero-order valence-corrected chi connectivity index (χ0v) is 27.9. The van der Waals surface area contributed by atoms with Gasteiger partial charge in [-0.1, -0.05) is 41.9 Å². The zero-order chi connectivity index (χ0) is 33.3. The lowest BCUT2D eigenvalue weighted by Gasteiger charge is -2.32. The van der Waals surface area contributed by atoms with Crippen LogP contribution in [-0.2, 0) is 9.47 Å². The molecule has 0 bridgehead atoms. The molecule has 0 saturated heterocycles. The highest BCUT2D eigenvalue weighted by atomic mass is 35.5. The summed E-state index contributed by atoms with van der Waals surface area (Å²) < 4.78 is 37.8. The smallest absolute Gasteiger partial charge is 0.407 e. The molecular weight excluding hydrogens is 609 g/mol. The van der Waals surface area contributed by atoms with Crippen LogP contribution in [0.2, 0.25) is 5.02 Å². The van der Waals surface area contributed by atoms with Gasteiger partial charge in [-0.2, -0.15) is 5.26 Å². The maximum atomic E-state index is 16.0. The zero-order valence-electron chi connectivity index (χ0n) is 27.1. The molecule has 1 aliphatic carbocycles. The second-order valence-electron chi connectivity index (χ2n) is 12.4. The Kier molecular flexibility index (Phi) is 12.3. The van der Waals surface area contributed by atoms with E-state index in [0.717, 1.165) is 36.8 Å². The predicted octanol–water partition coefficient (Wildman–Crippen LogP) is 7.61. The first-order chi connectivity index (χ1) is 22.0. The molecule has 246 valence electrons. The molecule has 0 aromatic heterocycles. The Morgan fingerprint density at radius 2 is 1.70 bits per heavy atom. The Bertz CT molecular complexity index is 1510. The Morgan fingerprint density at radius 1 is 1.00 bits per heavy atom. The summed E-state index contributed by atoms with van der Waals surface area (Å²) in [4.78, 5) is 12.3. The first-order valence-corrected chi connectivity index (χ1v) is 15.9. The number of hydrogen-bond donors (Lipinski definition) is 2. The van der Waals surface area contributed by atoms with E-state index >= 15 is 4.39 Å². The molecule has 0 spiro atoms. The molecule has 4 rings (SSSR count). The van der Waals surface area contributed by atoms with Crippen molar-refractivity contribution in [2.24, 2.45) is 0 Å². The summed E-state index contributed by atoms with van der Waals surface area (Å²) in [6.45, 7) is 6.58. The van der Waals surface area contributed by atoms with E-state index in [9.17, 15) is 10.1 Å². The molecule has 10 heteroatoms. The Morgan fingerprint density at radius 3 is 2.33 bits per heavy atom. The molecule has 1 fully saturated rings. The number of benzene rings is 3. The van der Waals surface area contributed by atoms with Crippen LogP contribution in [0.4, 0.5) is 9.18 Å². The van der Waals surface area contributed by atoms with Gasteiger partial charge in [-0.15, -0.1) is 0 Å². The first-order valence-electron chi connectivity index (χ1n) is 15.5. The summed E-state index contributed by atoms with van der Waals surface area (Å²) >= 11 is 6.81. The number of nitrogens with zero attached hydrogens (tertiary/aromatic N) is 1. The fourth-order valence-electron chi connectivity index (χ4n) is 5.72. The van der Waals surface area contributed by atoms with E-state index in [2.05, 4.69) is 28.8 Å². The molecule has 1 saturated carbocycles.